The smallest absolute Gasteiger partial charge is 0.266 e. The van der Waals surface area contributed by atoms with Crippen LogP contribution in [0.5, 0.6) is 0 Å². The number of hydrogen-bond donors (Lipinski definition) is 1. The number of nitrogens with one attached hydrogen (secondary N) is 1. The first-order valence-corrected chi connectivity index (χ1v) is 11.4. The Morgan fingerprint density at radius 3 is 2.59 bits per heavy atom. The van der Waals surface area contributed by atoms with Crippen molar-refractivity contribution in [2.24, 2.45) is 0 Å². The predicted octanol–water partition coefficient (Wildman–Crippen LogP) is 2.84. The highest BCUT2D eigenvalue weighted by molar-refractivity contribution is 6.30. The Bertz CT molecular complexity index is 1280. The number of aromatic amines is 1. The molecule has 0 unspecified atom stereocenters. The number of H-pyrrole nitrogens is 1. The molecule has 176 valence electrons. The van der Waals surface area contributed by atoms with Crippen LogP contribution in [0.3, 0.4) is 0 Å². The van der Waals surface area contributed by atoms with Crippen LogP contribution in [0.25, 0.3) is 11.4 Å². The number of hydrogen-bond acceptors (Lipinski definition) is 7. The lowest BCUT2D eigenvalue weighted by Crippen LogP contribution is -2.48. The van der Waals surface area contributed by atoms with Gasteiger partial charge in [0, 0.05) is 48.9 Å². The number of piperazine rings is 1. The van der Waals surface area contributed by atoms with E-state index in [9.17, 15) is 14.9 Å². The lowest BCUT2D eigenvalue weighted by molar-refractivity contribution is -0.133. The van der Waals surface area contributed by atoms with E-state index < -0.39 is 0 Å². The maximum absolute atomic E-state index is 12.8. The number of aromatic nitrogens is 3. The number of nitrogens with zero attached hydrogens (tertiary/aromatic N) is 5. The molecule has 1 aromatic carbocycles. The van der Waals surface area contributed by atoms with E-state index in [-0.39, 0.29) is 17.0 Å². The van der Waals surface area contributed by atoms with Gasteiger partial charge >= 0.3 is 0 Å². The fourth-order valence-corrected chi connectivity index (χ4v) is 4.32. The van der Waals surface area contributed by atoms with Crippen molar-refractivity contribution in [3.8, 4) is 17.5 Å². The molecule has 1 saturated heterocycles. The highest BCUT2D eigenvalue weighted by Crippen LogP contribution is 2.20. The molecular weight excluding hydrogens is 456 g/mol. The summed E-state index contributed by atoms with van der Waals surface area (Å²) in [6.45, 7) is 6.72. The third kappa shape index (κ3) is 5.19. The van der Waals surface area contributed by atoms with Crippen LogP contribution >= 0.6 is 11.6 Å². The third-order valence-corrected chi connectivity index (χ3v) is 6.42. The van der Waals surface area contributed by atoms with Crippen LogP contribution in [0.4, 0.5) is 0 Å². The second-order valence-corrected chi connectivity index (χ2v) is 8.78. The predicted molar refractivity (Wildman–Crippen MR) is 126 cm³/mol. The summed E-state index contributed by atoms with van der Waals surface area (Å²) in [5.41, 5.74) is 2.78. The highest BCUT2D eigenvalue weighted by Gasteiger charge is 2.23. The van der Waals surface area contributed by atoms with Gasteiger partial charge in [0.1, 0.15) is 11.6 Å². The molecule has 4 rings (SSSR count). The monoisotopic (exact) mass is 480 g/mol. The Kier molecular flexibility index (Phi) is 7.10. The zero-order valence-corrected chi connectivity index (χ0v) is 19.9. The van der Waals surface area contributed by atoms with Crippen LogP contribution in [0.1, 0.15) is 34.7 Å². The number of carbonyl (C=O) groups is 1. The van der Waals surface area contributed by atoms with E-state index in [1.807, 2.05) is 23.1 Å². The largest absolute Gasteiger partial charge is 0.340 e. The summed E-state index contributed by atoms with van der Waals surface area (Å²) in [4.78, 5) is 35.9. The number of nitriles is 1. The number of pyridine rings is 1. The molecule has 10 heteroatoms. The summed E-state index contributed by atoms with van der Waals surface area (Å²) in [5, 5.41) is 13.9. The molecule has 1 N–H and O–H groups in total. The molecular formula is C24H25ClN6O3. The molecule has 2 aromatic heterocycles. The van der Waals surface area contributed by atoms with E-state index in [1.165, 1.54) is 0 Å². The third-order valence-electron chi connectivity index (χ3n) is 6.16. The first kappa shape index (κ1) is 23.7. The summed E-state index contributed by atoms with van der Waals surface area (Å²) in [6, 6.07) is 9.21. The Labute approximate surface area is 201 Å². The summed E-state index contributed by atoms with van der Waals surface area (Å²) < 4.78 is 5.40. The summed E-state index contributed by atoms with van der Waals surface area (Å²) >= 11 is 5.93. The van der Waals surface area contributed by atoms with Gasteiger partial charge < -0.3 is 14.4 Å². The first-order chi connectivity index (χ1) is 16.4. The van der Waals surface area contributed by atoms with Crippen molar-refractivity contribution < 1.29 is 9.32 Å². The first-order valence-electron chi connectivity index (χ1n) is 11.1. The van der Waals surface area contributed by atoms with Crippen molar-refractivity contribution in [2.45, 2.75) is 33.2 Å². The second kappa shape index (κ2) is 10.2. The SMILES string of the molecule is Cc1[nH]c(=O)c(C#N)c(C)c1CCC(=O)N1CCN(Cc2nc(-c3ccc(Cl)cc3)no2)CC1. The van der Waals surface area contributed by atoms with Crippen molar-refractivity contribution in [2.75, 3.05) is 26.2 Å². The van der Waals surface area contributed by atoms with Crippen LogP contribution in [0.2, 0.25) is 5.02 Å². The van der Waals surface area contributed by atoms with Crippen LogP contribution in [0.15, 0.2) is 33.6 Å². The number of carbonyl (C=O) groups excluding carboxylic acids is 1. The van der Waals surface area contributed by atoms with Crippen molar-refractivity contribution in [1.82, 2.24) is 24.9 Å². The molecule has 0 atom stereocenters. The average molecular weight is 481 g/mol. The number of benzene rings is 1. The Balaban J connectivity index is 1.29. The number of amides is 1. The van der Waals surface area contributed by atoms with Crippen molar-refractivity contribution in [3.63, 3.8) is 0 Å². The molecule has 34 heavy (non-hydrogen) atoms. The van der Waals surface area contributed by atoms with E-state index >= 15 is 0 Å². The molecule has 0 spiro atoms. The molecule has 3 aromatic rings. The second-order valence-electron chi connectivity index (χ2n) is 8.35. The van der Waals surface area contributed by atoms with Crippen molar-refractivity contribution in [3.05, 3.63) is 67.9 Å². The Morgan fingerprint density at radius 2 is 1.91 bits per heavy atom. The van der Waals surface area contributed by atoms with Crippen molar-refractivity contribution in [1.29, 1.82) is 5.26 Å². The van der Waals surface area contributed by atoms with Gasteiger partial charge in [0.05, 0.1) is 6.54 Å². The molecule has 0 radical (unpaired) electrons. The minimum absolute atomic E-state index is 0.0611. The maximum atomic E-state index is 12.8. The topological polar surface area (TPSA) is 119 Å². The van der Waals surface area contributed by atoms with Crippen molar-refractivity contribution >= 4 is 17.5 Å². The van der Waals surface area contributed by atoms with Gasteiger partial charge in [0.2, 0.25) is 17.6 Å². The van der Waals surface area contributed by atoms with Gasteiger partial charge in [-0.3, -0.25) is 14.5 Å². The fourth-order valence-electron chi connectivity index (χ4n) is 4.19. The number of rotatable bonds is 6. The van der Waals surface area contributed by atoms with Crippen LogP contribution in [0, 0.1) is 25.2 Å². The van der Waals surface area contributed by atoms with E-state index in [0.29, 0.717) is 73.6 Å². The number of aryl methyl sites for hydroxylation is 1. The molecule has 1 fully saturated rings. The quantitative estimate of drug-likeness (QED) is 0.576. The Hall–Kier alpha value is -3.48. The van der Waals surface area contributed by atoms with Crippen LogP contribution in [-0.4, -0.2) is 57.0 Å². The molecule has 0 saturated carbocycles. The lowest BCUT2D eigenvalue weighted by atomic mass is 9.99. The van der Waals surface area contributed by atoms with Gasteiger partial charge in [0.25, 0.3) is 5.56 Å². The lowest BCUT2D eigenvalue weighted by Gasteiger charge is -2.34. The van der Waals surface area contributed by atoms with Crippen LogP contribution in [-0.2, 0) is 17.8 Å². The Morgan fingerprint density at radius 1 is 1.21 bits per heavy atom. The zero-order chi connectivity index (χ0) is 24.2. The summed E-state index contributed by atoms with van der Waals surface area (Å²) in [6.07, 6.45) is 0.810. The molecule has 3 heterocycles. The van der Waals surface area contributed by atoms with E-state index in [4.69, 9.17) is 16.1 Å². The average Bonchev–Trinajstić information content (AvgIpc) is 3.28. The van der Waals surface area contributed by atoms with E-state index in [1.54, 1.807) is 26.0 Å². The molecule has 0 bridgehead atoms. The van der Waals surface area contributed by atoms with Crippen LogP contribution < -0.4 is 5.56 Å². The van der Waals surface area contributed by atoms with E-state index in [0.717, 1.165) is 11.1 Å². The minimum atomic E-state index is -0.384. The molecule has 9 nitrogen and oxygen atoms in total. The van der Waals surface area contributed by atoms with Gasteiger partial charge in [-0.15, -0.1) is 0 Å². The zero-order valence-electron chi connectivity index (χ0n) is 19.1. The van der Waals surface area contributed by atoms with Gasteiger partial charge in [0.15, 0.2) is 0 Å². The normalized spacial score (nSPS) is 14.2. The highest BCUT2D eigenvalue weighted by atomic mass is 35.5. The number of halogens is 1. The molecule has 1 aliphatic rings. The molecule has 1 aliphatic heterocycles. The van der Waals surface area contributed by atoms with Gasteiger partial charge in [-0.05, 0) is 55.7 Å². The van der Waals surface area contributed by atoms with E-state index in [2.05, 4.69) is 20.0 Å². The fraction of sp³-hybridized carbons (Fsp3) is 0.375. The summed E-state index contributed by atoms with van der Waals surface area (Å²) in [5.74, 6) is 1.11. The standard InChI is InChI=1S/C24H25ClN6O3/c1-15-19(16(2)27-24(33)20(15)13-26)7-8-22(32)31-11-9-30(10-12-31)14-21-28-23(29-34-21)17-3-5-18(25)6-4-17/h3-6H,7-12,14H2,1-2H3,(H,27,33). The van der Waals surface area contributed by atoms with Gasteiger partial charge in [-0.1, -0.05) is 16.8 Å². The van der Waals surface area contributed by atoms with Gasteiger partial charge in [-0.25, -0.2) is 0 Å². The maximum Gasteiger partial charge on any atom is 0.266 e. The minimum Gasteiger partial charge on any atom is -0.340 e. The molecule has 0 aliphatic carbocycles. The van der Waals surface area contributed by atoms with Gasteiger partial charge in [-0.2, -0.15) is 10.2 Å². The molecule has 1 amide bonds. The summed E-state index contributed by atoms with van der Waals surface area (Å²) in [7, 11) is 0.